The Hall–Kier alpha value is -1.85. The Bertz CT molecular complexity index is 639. The van der Waals surface area contributed by atoms with Gasteiger partial charge in [-0.2, -0.15) is 5.10 Å². The molecule has 0 amide bonds. The average Bonchev–Trinajstić information content (AvgIpc) is 3.24. The second-order valence-electron chi connectivity index (χ2n) is 7.39. The van der Waals surface area contributed by atoms with Gasteiger partial charge in [-0.05, 0) is 24.7 Å². The molecular weight excluding hydrogens is 296 g/mol. The van der Waals surface area contributed by atoms with Gasteiger partial charge in [-0.1, -0.05) is 33.6 Å². The minimum absolute atomic E-state index is 0.130. The number of nitrogens with zero attached hydrogens (tertiary/aromatic N) is 2. The number of aryl methyl sites for hydroxylation is 1. The van der Waals surface area contributed by atoms with Crippen LogP contribution in [-0.4, -0.2) is 27.5 Å². The highest BCUT2D eigenvalue weighted by Gasteiger charge is 2.27. The zero-order chi connectivity index (χ0) is 17.2. The molecule has 0 bridgehead atoms. The van der Waals surface area contributed by atoms with E-state index in [1.54, 1.807) is 6.92 Å². The maximum absolute atomic E-state index is 12.5. The highest BCUT2D eigenvalue weighted by Crippen LogP contribution is 2.33. The van der Waals surface area contributed by atoms with Crippen LogP contribution in [0.25, 0.3) is 0 Å². The molecule has 0 aliphatic heterocycles. The van der Waals surface area contributed by atoms with Crippen molar-refractivity contribution in [1.82, 2.24) is 9.78 Å². The molecule has 1 aromatic rings. The summed E-state index contributed by atoms with van der Waals surface area (Å²) in [5.41, 5.74) is -0.623. The van der Waals surface area contributed by atoms with Gasteiger partial charge in [0, 0.05) is 13.0 Å². The number of aromatic hydroxyl groups is 1. The highest BCUT2D eigenvalue weighted by atomic mass is 16.5. The molecule has 1 aliphatic rings. The van der Waals surface area contributed by atoms with E-state index >= 15 is 0 Å². The lowest BCUT2D eigenvalue weighted by Crippen LogP contribution is -2.32. The maximum Gasteiger partial charge on any atom is 0.347 e. The number of rotatable bonds is 6. The predicted octanol–water partition coefficient (Wildman–Crippen LogP) is 2.51. The topological polar surface area (TPSA) is 81.4 Å². The lowest BCUT2D eigenvalue weighted by Gasteiger charge is -2.20. The summed E-state index contributed by atoms with van der Waals surface area (Å²) < 4.78 is 6.24. The lowest BCUT2D eigenvalue weighted by atomic mass is 9.90. The number of hydrogen-bond acceptors (Lipinski definition) is 5. The number of esters is 1. The van der Waals surface area contributed by atoms with Crippen LogP contribution in [0.1, 0.15) is 63.0 Å². The van der Waals surface area contributed by atoms with Crippen molar-refractivity contribution in [2.75, 3.05) is 6.61 Å². The fraction of sp³-hybridized carbons (Fsp3) is 0.706. The van der Waals surface area contributed by atoms with Gasteiger partial charge in [0.2, 0.25) is 0 Å². The summed E-state index contributed by atoms with van der Waals surface area (Å²) in [4.78, 5) is 24.6. The van der Waals surface area contributed by atoms with E-state index in [0.717, 1.165) is 6.42 Å². The van der Waals surface area contributed by atoms with Crippen LogP contribution >= 0.6 is 0 Å². The molecule has 128 valence electrons. The van der Waals surface area contributed by atoms with Gasteiger partial charge in [-0.25, -0.2) is 9.48 Å². The van der Waals surface area contributed by atoms with E-state index in [-0.39, 0.29) is 23.3 Å². The Morgan fingerprint density at radius 3 is 2.57 bits per heavy atom. The van der Waals surface area contributed by atoms with Crippen molar-refractivity contribution in [3.8, 4) is 5.75 Å². The molecule has 0 saturated heterocycles. The summed E-state index contributed by atoms with van der Waals surface area (Å²) >= 11 is 0. The van der Waals surface area contributed by atoms with Crippen LogP contribution in [0.3, 0.4) is 0 Å². The van der Waals surface area contributed by atoms with Gasteiger partial charge in [0.15, 0.2) is 11.3 Å². The first kappa shape index (κ1) is 17.5. The molecule has 0 atom stereocenters. The Kier molecular flexibility index (Phi) is 5.12. The minimum Gasteiger partial charge on any atom is -0.505 e. The first-order valence-electron chi connectivity index (χ1n) is 8.23. The van der Waals surface area contributed by atoms with Crippen LogP contribution in [0, 0.1) is 11.3 Å². The zero-order valence-electron chi connectivity index (χ0n) is 14.4. The van der Waals surface area contributed by atoms with Crippen molar-refractivity contribution < 1.29 is 14.6 Å². The summed E-state index contributed by atoms with van der Waals surface area (Å²) in [6.07, 6.45) is 3.71. The number of aromatic nitrogens is 2. The number of ether oxygens (including phenoxy) is 1. The second-order valence-corrected chi connectivity index (χ2v) is 7.39. The van der Waals surface area contributed by atoms with Gasteiger partial charge >= 0.3 is 5.97 Å². The molecule has 1 fully saturated rings. The molecule has 0 unspecified atom stereocenters. The maximum atomic E-state index is 12.5. The van der Waals surface area contributed by atoms with Gasteiger partial charge in [0.1, 0.15) is 5.69 Å². The van der Waals surface area contributed by atoms with Gasteiger partial charge in [0.25, 0.3) is 5.56 Å². The van der Waals surface area contributed by atoms with Gasteiger partial charge in [-0.3, -0.25) is 4.79 Å². The van der Waals surface area contributed by atoms with E-state index in [0.29, 0.717) is 24.6 Å². The van der Waals surface area contributed by atoms with Crippen molar-refractivity contribution in [3.63, 3.8) is 0 Å². The van der Waals surface area contributed by atoms with Crippen LogP contribution in [0.15, 0.2) is 4.79 Å². The van der Waals surface area contributed by atoms with Gasteiger partial charge in [0.05, 0.1) is 6.61 Å². The van der Waals surface area contributed by atoms with Gasteiger partial charge < -0.3 is 9.84 Å². The monoisotopic (exact) mass is 322 g/mol. The molecule has 23 heavy (non-hydrogen) atoms. The fourth-order valence-electron chi connectivity index (χ4n) is 2.48. The van der Waals surface area contributed by atoms with Crippen LogP contribution in [0.5, 0.6) is 5.75 Å². The summed E-state index contributed by atoms with van der Waals surface area (Å²) in [5, 5.41) is 14.7. The van der Waals surface area contributed by atoms with E-state index in [1.165, 1.54) is 17.5 Å². The smallest absolute Gasteiger partial charge is 0.347 e. The number of hydrogen-bond donors (Lipinski definition) is 1. The Labute approximate surface area is 136 Å². The third-order valence-corrected chi connectivity index (χ3v) is 3.82. The molecular formula is C17H26N2O4. The van der Waals surface area contributed by atoms with Crippen LogP contribution < -0.4 is 5.56 Å². The summed E-state index contributed by atoms with van der Waals surface area (Å²) in [6, 6.07) is 0. The molecule has 1 heterocycles. The highest BCUT2D eigenvalue weighted by molar-refractivity contribution is 5.92. The van der Waals surface area contributed by atoms with Crippen LogP contribution in [-0.2, 0) is 17.7 Å². The first-order chi connectivity index (χ1) is 10.7. The molecule has 1 saturated carbocycles. The van der Waals surface area contributed by atoms with Gasteiger partial charge in [-0.15, -0.1) is 0 Å². The van der Waals surface area contributed by atoms with E-state index in [2.05, 4.69) is 5.10 Å². The van der Waals surface area contributed by atoms with E-state index < -0.39 is 11.5 Å². The molecule has 0 spiro atoms. The predicted molar refractivity (Wildman–Crippen MR) is 86.6 cm³/mol. The van der Waals surface area contributed by atoms with Crippen LogP contribution in [0.4, 0.5) is 0 Å². The van der Waals surface area contributed by atoms with E-state index in [4.69, 9.17) is 4.74 Å². The molecule has 6 nitrogen and oxygen atoms in total. The standard InChI is InChI=1S/C17H26N2O4/c1-5-23-16(22)13-14(20)12(10-17(2,3)4)18-19(15(13)21)9-8-11-6-7-11/h11,20H,5-10H2,1-4H3. The first-order valence-corrected chi connectivity index (χ1v) is 8.23. The molecule has 1 aliphatic carbocycles. The largest absolute Gasteiger partial charge is 0.505 e. The van der Waals surface area contributed by atoms with E-state index in [1.807, 2.05) is 20.8 Å². The van der Waals surface area contributed by atoms with Crippen molar-refractivity contribution in [2.24, 2.45) is 11.3 Å². The molecule has 1 N–H and O–H groups in total. The van der Waals surface area contributed by atoms with Crippen LogP contribution in [0.2, 0.25) is 0 Å². The molecule has 6 heteroatoms. The van der Waals surface area contributed by atoms with E-state index in [9.17, 15) is 14.7 Å². The second kappa shape index (κ2) is 6.72. The fourth-order valence-corrected chi connectivity index (χ4v) is 2.48. The summed E-state index contributed by atoms with van der Waals surface area (Å²) in [5.74, 6) is -0.478. The Morgan fingerprint density at radius 1 is 1.39 bits per heavy atom. The SMILES string of the molecule is CCOC(=O)c1c(O)c(CC(C)(C)C)nn(CCC2CC2)c1=O. The Balaban J connectivity index is 2.44. The summed E-state index contributed by atoms with van der Waals surface area (Å²) in [7, 11) is 0. The molecule has 2 rings (SSSR count). The normalized spacial score (nSPS) is 14.8. The molecule has 0 radical (unpaired) electrons. The quantitative estimate of drug-likeness (QED) is 0.814. The number of carbonyl (C=O) groups is 1. The van der Waals surface area contributed by atoms with Crippen molar-refractivity contribution in [2.45, 2.75) is 59.9 Å². The molecule has 0 aromatic carbocycles. The average molecular weight is 322 g/mol. The minimum atomic E-state index is -0.785. The summed E-state index contributed by atoms with van der Waals surface area (Å²) in [6.45, 7) is 8.31. The zero-order valence-corrected chi connectivity index (χ0v) is 14.4. The van der Waals surface area contributed by atoms with Crippen molar-refractivity contribution in [3.05, 3.63) is 21.6 Å². The Morgan fingerprint density at radius 2 is 2.04 bits per heavy atom. The van der Waals surface area contributed by atoms with Crippen molar-refractivity contribution >= 4 is 5.97 Å². The third-order valence-electron chi connectivity index (χ3n) is 3.82. The lowest BCUT2D eigenvalue weighted by molar-refractivity contribution is 0.0518. The number of carbonyl (C=O) groups excluding carboxylic acids is 1. The van der Waals surface area contributed by atoms with Crippen molar-refractivity contribution in [1.29, 1.82) is 0 Å². The third kappa shape index (κ3) is 4.56. The molecule has 1 aromatic heterocycles.